The number of esters is 4. The number of hydrogen-bond acceptors (Lipinski definition) is 15. The van der Waals surface area contributed by atoms with Crippen LogP contribution in [0.15, 0.2) is 0 Å². The Balaban J connectivity index is 5.24. The molecule has 3 N–H and O–H groups in total. The number of aliphatic hydroxyl groups is 1. The first-order valence-electron chi connectivity index (χ1n) is 44.2. The first-order chi connectivity index (χ1) is 50.6. The van der Waals surface area contributed by atoms with Crippen LogP contribution < -0.4 is 0 Å². The van der Waals surface area contributed by atoms with Crippen molar-refractivity contribution in [2.75, 3.05) is 39.6 Å². The highest BCUT2D eigenvalue weighted by atomic mass is 31.2. The largest absolute Gasteiger partial charge is 0.472 e. The molecule has 19 heteroatoms. The summed E-state index contributed by atoms with van der Waals surface area (Å²) >= 11 is 0. The minimum absolute atomic E-state index is 0.105. The van der Waals surface area contributed by atoms with E-state index >= 15 is 0 Å². The van der Waals surface area contributed by atoms with Crippen molar-refractivity contribution in [2.24, 2.45) is 23.7 Å². The van der Waals surface area contributed by atoms with E-state index in [1.807, 2.05) is 0 Å². The van der Waals surface area contributed by atoms with Crippen molar-refractivity contribution in [3.05, 3.63) is 0 Å². The Bertz CT molecular complexity index is 2040. The molecule has 0 radical (unpaired) electrons. The van der Waals surface area contributed by atoms with Gasteiger partial charge in [0.15, 0.2) is 12.2 Å². The molecule has 0 heterocycles. The van der Waals surface area contributed by atoms with Gasteiger partial charge in [0, 0.05) is 25.7 Å². The summed E-state index contributed by atoms with van der Waals surface area (Å²) in [5.74, 6) is 1.02. The fourth-order valence-corrected chi connectivity index (χ4v) is 14.9. The van der Waals surface area contributed by atoms with E-state index in [1.165, 1.54) is 250 Å². The van der Waals surface area contributed by atoms with Crippen molar-refractivity contribution < 1.29 is 80.2 Å². The number of ether oxygens (including phenoxy) is 4. The second-order valence-electron chi connectivity index (χ2n) is 32.8. The van der Waals surface area contributed by atoms with Gasteiger partial charge in [-0.15, -0.1) is 0 Å². The van der Waals surface area contributed by atoms with Crippen molar-refractivity contribution in [3.8, 4) is 0 Å². The number of carbonyl (C=O) groups excluding carboxylic acids is 4. The molecule has 624 valence electrons. The van der Waals surface area contributed by atoms with Gasteiger partial charge in [0.25, 0.3) is 0 Å². The number of rotatable bonds is 83. The lowest BCUT2D eigenvalue weighted by Gasteiger charge is -2.21. The van der Waals surface area contributed by atoms with E-state index in [2.05, 4.69) is 55.4 Å². The van der Waals surface area contributed by atoms with Gasteiger partial charge in [-0.2, -0.15) is 0 Å². The normalized spacial score (nSPS) is 13.9. The summed E-state index contributed by atoms with van der Waals surface area (Å²) in [6, 6.07) is 0. The molecule has 105 heavy (non-hydrogen) atoms. The maximum Gasteiger partial charge on any atom is 0.472 e. The molecule has 0 aliphatic rings. The second kappa shape index (κ2) is 74.8. The minimum Gasteiger partial charge on any atom is -0.462 e. The zero-order valence-corrected chi connectivity index (χ0v) is 71.2. The fraction of sp³-hybridized carbons (Fsp3) is 0.953. The lowest BCUT2D eigenvalue weighted by molar-refractivity contribution is -0.161. The Morgan fingerprint density at radius 2 is 0.400 bits per heavy atom. The molecule has 0 saturated heterocycles. The van der Waals surface area contributed by atoms with E-state index in [0.717, 1.165) is 114 Å². The average molecular weight is 1540 g/mol. The molecule has 5 atom stereocenters. The Morgan fingerprint density at radius 3 is 0.590 bits per heavy atom. The van der Waals surface area contributed by atoms with E-state index in [0.29, 0.717) is 25.7 Å². The first kappa shape index (κ1) is 103. The van der Waals surface area contributed by atoms with Crippen LogP contribution in [0.2, 0.25) is 0 Å². The number of unbranched alkanes of at least 4 members (excludes halogenated alkanes) is 49. The van der Waals surface area contributed by atoms with Gasteiger partial charge in [-0.05, 0) is 49.4 Å². The molecule has 0 aliphatic heterocycles. The second-order valence-corrected chi connectivity index (χ2v) is 35.7. The van der Waals surface area contributed by atoms with Gasteiger partial charge < -0.3 is 33.8 Å². The molecule has 0 aromatic carbocycles. The predicted molar refractivity (Wildman–Crippen MR) is 432 cm³/mol. The van der Waals surface area contributed by atoms with Gasteiger partial charge in [0.05, 0.1) is 26.4 Å². The molecule has 0 aromatic rings. The molecule has 0 bridgehead atoms. The Hall–Kier alpha value is -1.94. The maximum atomic E-state index is 13.2. The van der Waals surface area contributed by atoms with E-state index in [1.54, 1.807) is 0 Å². The summed E-state index contributed by atoms with van der Waals surface area (Å²) in [5, 5.41) is 10.7. The van der Waals surface area contributed by atoms with Crippen LogP contribution in [0.5, 0.6) is 0 Å². The van der Waals surface area contributed by atoms with Crippen LogP contribution in [-0.4, -0.2) is 96.7 Å². The van der Waals surface area contributed by atoms with E-state index in [-0.39, 0.29) is 25.7 Å². The molecule has 0 spiro atoms. The fourth-order valence-electron chi connectivity index (χ4n) is 13.3. The van der Waals surface area contributed by atoms with E-state index in [4.69, 9.17) is 37.0 Å². The monoisotopic (exact) mass is 1540 g/mol. The quantitative estimate of drug-likeness (QED) is 0.0222. The minimum atomic E-state index is -4.97. The summed E-state index contributed by atoms with van der Waals surface area (Å²) in [4.78, 5) is 73.2. The van der Waals surface area contributed by atoms with Crippen molar-refractivity contribution in [1.29, 1.82) is 0 Å². The molecule has 0 aliphatic carbocycles. The van der Waals surface area contributed by atoms with Crippen LogP contribution in [0.25, 0.3) is 0 Å². The Morgan fingerprint density at radius 1 is 0.238 bits per heavy atom. The SMILES string of the molecule is CC(C)CCCCCCCCCCCCCCCCCCCCC(=O)O[C@H](COC(=O)CCCCCCCCCCCCCCCCCCC(C)C)COP(=O)(O)OC[C@@H](O)COP(=O)(O)OC[C@@H](COC(=O)CCCCCCCCCCCC(C)C)OC(=O)CCCCCCCCCCCCC(C)C. The van der Waals surface area contributed by atoms with Crippen LogP contribution in [0.3, 0.4) is 0 Å². The highest BCUT2D eigenvalue weighted by molar-refractivity contribution is 7.47. The van der Waals surface area contributed by atoms with Crippen LogP contribution >= 0.6 is 15.6 Å². The van der Waals surface area contributed by atoms with E-state index < -0.39 is 97.5 Å². The molecule has 0 fully saturated rings. The van der Waals surface area contributed by atoms with Crippen molar-refractivity contribution >= 4 is 39.5 Å². The number of phosphoric acid groups is 2. The van der Waals surface area contributed by atoms with Crippen LogP contribution in [0.1, 0.15) is 447 Å². The van der Waals surface area contributed by atoms with Gasteiger partial charge in [-0.3, -0.25) is 37.3 Å². The lowest BCUT2D eigenvalue weighted by Crippen LogP contribution is -2.30. The molecular weight excluding hydrogens is 1370 g/mol. The summed E-state index contributed by atoms with van der Waals surface area (Å²) in [5.41, 5.74) is 0. The number of hydrogen-bond donors (Lipinski definition) is 3. The molecule has 0 rings (SSSR count). The summed E-state index contributed by atoms with van der Waals surface area (Å²) in [6.45, 7) is 14.3. The molecule has 0 aromatic heterocycles. The lowest BCUT2D eigenvalue weighted by atomic mass is 10.0. The molecule has 0 amide bonds. The Kier molecular flexibility index (Phi) is 73.4. The van der Waals surface area contributed by atoms with E-state index in [9.17, 15) is 43.2 Å². The molecular formula is C86H168O17P2. The smallest absolute Gasteiger partial charge is 0.462 e. The number of carbonyl (C=O) groups is 4. The van der Waals surface area contributed by atoms with Crippen molar-refractivity contribution in [2.45, 2.75) is 465 Å². The number of aliphatic hydroxyl groups excluding tert-OH is 1. The molecule has 2 unspecified atom stereocenters. The predicted octanol–water partition coefficient (Wildman–Crippen LogP) is 25.9. The highest BCUT2D eigenvalue weighted by Crippen LogP contribution is 2.45. The summed E-state index contributed by atoms with van der Waals surface area (Å²) in [7, 11) is -9.93. The summed E-state index contributed by atoms with van der Waals surface area (Å²) < 4.78 is 68.9. The third-order valence-corrected chi connectivity index (χ3v) is 22.0. The topological polar surface area (TPSA) is 237 Å². The van der Waals surface area contributed by atoms with Gasteiger partial charge >= 0.3 is 39.5 Å². The van der Waals surface area contributed by atoms with Gasteiger partial charge in [0.2, 0.25) is 0 Å². The zero-order chi connectivity index (χ0) is 77.4. The third-order valence-electron chi connectivity index (χ3n) is 20.1. The average Bonchev–Trinajstić information content (AvgIpc) is 0.955. The standard InChI is InChI=1S/C86H168O17P2/c1-76(2)62-54-46-38-30-23-19-15-11-9-10-12-18-22-26-35-44-52-60-68-85(90)102-81(72-96-83(88)66-58-50-42-34-25-21-17-14-13-16-20-24-31-39-47-55-63-77(3)4)74-100-104(92,93)98-70-80(87)71-99-105(94,95)101-75-82(73-97-84(89)67-59-51-43-37-29-33-41-49-57-65-79(7)8)103-86(91)69-61-53-45-36-28-27-32-40-48-56-64-78(5)6/h76-82,87H,9-75H2,1-8H3,(H,92,93)(H,94,95)/t80-,81-,82-/m1/s1. The molecule has 17 nitrogen and oxygen atoms in total. The van der Waals surface area contributed by atoms with Gasteiger partial charge in [-0.25, -0.2) is 9.13 Å². The zero-order valence-electron chi connectivity index (χ0n) is 69.4. The number of phosphoric ester groups is 2. The van der Waals surface area contributed by atoms with Gasteiger partial charge in [0.1, 0.15) is 19.3 Å². The third kappa shape index (κ3) is 79.9. The first-order valence-corrected chi connectivity index (χ1v) is 47.2. The molecule has 0 saturated carbocycles. The van der Waals surface area contributed by atoms with Gasteiger partial charge in [-0.1, -0.05) is 396 Å². The van der Waals surface area contributed by atoms with Crippen LogP contribution in [-0.2, 0) is 65.4 Å². The van der Waals surface area contributed by atoms with Crippen molar-refractivity contribution in [3.63, 3.8) is 0 Å². The highest BCUT2D eigenvalue weighted by Gasteiger charge is 2.30. The Labute approximate surface area is 645 Å². The maximum absolute atomic E-state index is 13.2. The van der Waals surface area contributed by atoms with Crippen LogP contribution in [0, 0.1) is 23.7 Å². The van der Waals surface area contributed by atoms with Crippen LogP contribution in [0.4, 0.5) is 0 Å². The summed E-state index contributed by atoms with van der Waals surface area (Å²) in [6.07, 6.45) is 63.9. The van der Waals surface area contributed by atoms with Crippen molar-refractivity contribution in [1.82, 2.24) is 0 Å².